The van der Waals surface area contributed by atoms with Crippen LogP contribution >= 0.6 is 0 Å². The van der Waals surface area contributed by atoms with E-state index in [0.717, 1.165) is 0 Å². The fraction of sp³-hybridized carbons (Fsp3) is 0.350. The van der Waals surface area contributed by atoms with E-state index in [4.69, 9.17) is 9.47 Å². The number of nitrogens with one attached hydrogen (secondary N) is 1. The molecule has 0 atom stereocenters. The smallest absolute Gasteiger partial charge is 0.262 e. The Bertz CT molecular complexity index is 663. The van der Waals surface area contributed by atoms with Gasteiger partial charge in [-0.05, 0) is 49.6 Å². The minimum absolute atomic E-state index is 0.0405. The first-order valence-electron chi connectivity index (χ1n) is 8.24. The molecule has 0 fully saturated rings. The van der Waals surface area contributed by atoms with Gasteiger partial charge in [-0.1, -0.05) is 38.1 Å². The van der Waals surface area contributed by atoms with E-state index < -0.39 is 0 Å². The van der Waals surface area contributed by atoms with Gasteiger partial charge in [0.25, 0.3) is 5.91 Å². The van der Waals surface area contributed by atoms with E-state index in [2.05, 4.69) is 19.2 Å². The van der Waals surface area contributed by atoms with Gasteiger partial charge in [-0.15, -0.1) is 0 Å². The molecule has 0 radical (unpaired) electrons. The molecular formula is C20H25NO3. The van der Waals surface area contributed by atoms with Gasteiger partial charge in [-0.3, -0.25) is 4.79 Å². The van der Waals surface area contributed by atoms with Crippen LogP contribution in [0.5, 0.6) is 11.5 Å². The molecule has 2 aromatic rings. The van der Waals surface area contributed by atoms with Gasteiger partial charge in [0.15, 0.2) is 6.61 Å². The van der Waals surface area contributed by atoms with E-state index in [-0.39, 0.29) is 18.6 Å². The quantitative estimate of drug-likeness (QED) is 0.807. The van der Waals surface area contributed by atoms with Gasteiger partial charge in [-0.25, -0.2) is 0 Å². The first kappa shape index (κ1) is 17.9. The molecule has 0 aliphatic carbocycles. The van der Waals surface area contributed by atoms with Crippen molar-refractivity contribution in [3.05, 3.63) is 54.1 Å². The lowest BCUT2D eigenvalue weighted by molar-refractivity contribution is -0.118. The van der Waals surface area contributed by atoms with Crippen molar-refractivity contribution >= 4 is 11.6 Å². The number of rotatable bonds is 7. The zero-order valence-corrected chi connectivity index (χ0v) is 14.7. The van der Waals surface area contributed by atoms with Gasteiger partial charge in [0.2, 0.25) is 0 Å². The molecular weight excluding hydrogens is 302 g/mol. The number of amides is 1. The summed E-state index contributed by atoms with van der Waals surface area (Å²) < 4.78 is 11.2. The summed E-state index contributed by atoms with van der Waals surface area (Å²) in [6.45, 7) is 8.13. The van der Waals surface area contributed by atoms with Crippen molar-refractivity contribution in [2.45, 2.75) is 39.7 Å². The predicted molar refractivity (Wildman–Crippen MR) is 96.9 cm³/mol. The maximum atomic E-state index is 12.1. The van der Waals surface area contributed by atoms with E-state index >= 15 is 0 Å². The van der Waals surface area contributed by atoms with E-state index in [1.165, 1.54) is 5.56 Å². The van der Waals surface area contributed by atoms with E-state index in [1.54, 1.807) is 0 Å². The molecule has 4 nitrogen and oxygen atoms in total. The zero-order chi connectivity index (χ0) is 17.5. The molecule has 0 aliphatic heterocycles. The van der Waals surface area contributed by atoms with Crippen LogP contribution in [-0.4, -0.2) is 18.6 Å². The Hall–Kier alpha value is -2.49. The van der Waals surface area contributed by atoms with E-state index in [0.29, 0.717) is 23.1 Å². The number of anilines is 1. The Morgan fingerprint density at radius 3 is 2.29 bits per heavy atom. The number of ether oxygens (including phenoxy) is 2. The van der Waals surface area contributed by atoms with Gasteiger partial charge in [0.1, 0.15) is 11.5 Å². The van der Waals surface area contributed by atoms with Crippen molar-refractivity contribution in [3.63, 3.8) is 0 Å². The molecule has 2 rings (SSSR count). The SMILES string of the molecule is CC(C)Oc1ccccc1NC(=O)COc1ccc(C(C)C)cc1. The second-order valence-electron chi connectivity index (χ2n) is 6.22. The average molecular weight is 327 g/mol. The zero-order valence-electron chi connectivity index (χ0n) is 14.7. The molecule has 0 aliphatic rings. The first-order valence-corrected chi connectivity index (χ1v) is 8.24. The Kier molecular flexibility index (Phi) is 6.24. The van der Waals surface area contributed by atoms with Crippen molar-refractivity contribution in [1.82, 2.24) is 0 Å². The normalized spacial score (nSPS) is 10.8. The molecule has 128 valence electrons. The van der Waals surface area contributed by atoms with Gasteiger partial charge in [-0.2, -0.15) is 0 Å². The summed E-state index contributed by atoms with van der Waals surface area (Å²) in [6, 6.07) is 15.2. The Morgan fingerprint density at radius 2 is 1.67 bits per heavy atom. The number of para-hydroxylation sites is 2. The molecule has 0 spiro atoms. The minimum Gasteiger partial charge on any atom is -0.489 e. The number of carbonyl (C=O) groups excluding carboxylic acids is 1. The fourth-order valence-corrected chi connectivity index (χ4v) is 2.21. The molecule has 4 heteroatoms. The number of carbonyl (C=O) groups is 1. The highest BCUT2D eigenvalue weighted by Gasteiger charge is 2.09. The maximum absolute atomic E-state index is 12.1. The molecule has 1 N–H and O–H groups in total. The van der Waals surface area contributed by atoms with Crippen molar-refractivity contribution < 1.29 is 14.3 Å². The first-order chi connectivity index (χ1) is 11.5. The highest BCUT2D eigenvalue weighted by Crippen LogP contribution is 2.25. The van der Waals surface area contributed by atoms with Crippen molar-refractivity contribution in [3.8, 4) is 11.5 Å². The van der Waals surface area contributed by atoms with Gasteiger partial charge in [0.05, 0.1) is 11.8 Å². The van der Waals surface area contributed by atoms with Crippen LogP contribution in [-0.2, 0) is 4.79 Å². The molecule has 0 aromatic heterocycles. The largest absolute Gasteiger partial charge is 0.489 e. The van der Waals surface area contributed by atoms with Crippen LogP contribution in [0.1, 0.15) is 39.2 Å². The second-order valence-corrected chi connectivity index (χ2v) is 6.22. The summed E-state index contributed by atoms with van der Waals surface area (Å²) in [6.07, 6.45) is 0.0405. The van der Waals surface area contributed by atoms with Gasteiger partial charge >= 0.3 is 0 Å². The average Bonchev–Trinajstić information content (AvgIpc) is 2.54. The molecule has 24 heavy (non-hydrogen) atoms. The lowest BCUT2D eigenvalue weighted by Crippen LogP contribution is -2.21. The van der Waals surface area contributed by atoms with Crippen molar-refractivity contribution in [2.75, 3.05) is 11.9 Å². The van der Waals surface area contributed by atoms with Crippen LogP contribution < -0.4 is 14.8 Å². The molecule has 0 saturated heterocycles. The third-order valence-corrected chi connectivity index (χ3v) is 3.44. The van der Waals surface area contributed by atoms with Crippen LogP contribution in [0.2, 0.25) is 0 Å². The highest BCUT2D eigenvalue weighted by molar-refractivity contribution is 5.93. The summed E-state index contributed by atoms with van der Waals surface area (Å²) >= 11 is 0. The monoisotopic (exact) mass is 327 g/mol. The molecule has 0 unspecified atom stereocenters. The maximum Gasteiger partial charge on any atom is 0.262 e. The number of benzene rings is 2. The molecule has 0 bridgehead atoms. The van der Waals surface area contributed by atoms with Crippen LogP contribution in [0.3, 0.4) is 0 Å². The predicted octanol–water partition coefficient (Wildman–Crippen LogP) is 4.61. The van der Waals surface area contributed by atoms with Crippen molar-refractivity contribution in [2.24, 2.45) is 0 Å². The van der Waals surface area contributed by atoms with E-state index in [1.807, 2.05) is 62.4 Å². The summed E-state index contributed by atoms with van der Waals surface area (Å²) in [4.78, 5) is 12.1. The molecule has 0 heterocycles. The minimum atomic E-state index is -0.220. The Labute approximate surface area is 143 Å². The van der Waals surface area contributed by atoms with Crippen LogP contribution in [0.25, 0.3) is 0 Å². The summed E-state index contributed by atoms with van der Waals surface area (Å²) in [5, 5.41) is 2.83. The van der Waals surface area contributed by atoms with Gasteiger partial charge in [0, 0.05) is 0 Å². The van der Waals surface area contributed by atoms with E-state index in [9.17, 15) is 4.79 Å². The van der Waals surface area contributed by atoms with Crippen LogP contribution in [0.4, 0.5) is 5.69 Å². The highest BCUT2D eigenvalue weighted by atomic mass is 16.5. The summed E-state index contributed by atoms with van der Waals surface area (Å²) in [5.41, 5.74) is 1.89. The Balaban J connectivity index is 1.92. The third kappa shape index (κ3) is 5.30. The van der Waals surface area contributed by atoms with Crippen molar-refractivity contribution in [1.29, 1.82) is 0 Å². The second kappa shape index (κ2) is 8.39. The number of hydrogen-bond acceptors (Lipinski definition) is 3. The standard InChI is InChI=1S/C20H25NO3/c1-14(2)16-9-11-17(12-10-16)23-13-20(22)21-18-7-5-6-8-19(18)24-15(3)4/h5-12,14-15H,13H2,1-4H3,(H,21,22). The summed E-state index contributed by atoms with van der Waals surface area (Å²) in [5.74, 6) is 1.59. The lowest BCUT2D eigenvalue weighted by atomic mass is 10.0. The van der Waals surface area contributed by atoms with Crippen LogP contribution in [0.15, 0.2) is 48.5 Å². The molecule has 0 saturated carbocycles. The molecule has 1 amide bonds. The summed E-state index contributed by atoms with van der Waals surface area (Å²) in [7, 11) is 0. The topological polar surface area (TPSA) is 47.6 Å². The number of hydrogen-bond donors (Lipinski definition) is 1. The third-order valence-electron chi connectivity index (χ3n) is 3.44. The Morgan fingerprint density at radius 1 is 1.00 bits per heavy atom. The molecule has 2 aromatic carbocycles. The lowest BCUT2D eigenvalue weighted by Gasteiger charge is -2.15. The fourth-order valence-electron chi connectivity index (χ4n) is 2.21. The van der Waals surface area contributed by atoms with Crippen LogP contribution in [0, 0.1) is 0 Å². The van der Waals surface area contributed by atoms with Gasteiger partial charge < -0.3 is 14.8 Å².